The van der Waals surface area contributed by atoms with Gasteiger partial charge in [0.1, 0.15) is 4.34 Å². The van der Waals surface area contributed by atoms with Gasteiger partial charge in [0.25, 0.3) is 0 Å². The van der Waals surface area contributed by atoms with E-state index in [-0.39, 0.29) is 25.2 Å². The number of hydrogen-bond acceptors (Lipinski definition) is 6. The highest BCUT2D eigenvalue weighted by Gasteiger charge is 2.45. The molecule has 0 spiro atoms. The summed E-state index contributed by atoms with van der Waals surface area (Å²) in [4.78, 5) is 18.8. The highest BCUT2D eigenvalue weighted by molar-refractivity contribution is 7.19. The van der Waals surface area contributed by atoms with Crippen molar-refractivity contribution < 1.29 is 13.6 Å². The fraction of sp³-hybridized carbons (Fsp3) is 0.476. The predicted molar refractivity (Wildman–Crippen MR) is 117 cm³/mol. The summed E-state index contributed by atoms with van der Waals surface area (Å²) in [5.41, 5.74) is 1.43. The van der Waals surface area contributed by atoms with Crippen LogP contribution in [-0.2, 0) is 11.3 Å². The maximum atomic E-state index is 14.0. The lowest BCUT2D eigenvalue weighted by Gasteiger charge is -2.23. The molecule has 2 heterocycles. The number of carbonyl (C=O) groups excluding carboxylic acids is 1. The van der Waals surface area contributed by atoms with Crippen molar-refractivity contribution in [3.63, 3.8) is 0 Å². The largest absolute Gasteiger partial charge is 0.301 e. The SMILES string of the molecule is O=C(Nc1ncc(Cl)s1)C(c1ccc(-c2nnn(CC3CC3)n2)cc1)C1CCC(F)(F)C1. The summed E-state index contributed by atoms with van der Waals surface area (Å²) >= 11 is 7.03. The van der Waals surface area contributed by atoms with Crippen LogP contribution < -0.4 is 5.32 Å². The summed E-state index contributed by atoms with van der Waals surface area (Å²) in [5.74, 6) is -3.17. The van der Waals surface area contributed by atoms with Gasteiger partial charge in [0, 0.05) is 18.4 Å². The molecular weight excluding hydrogens is 458 g/mol. The molecule has 32 heavy (non-hydrogen) atoms. The normalized spacial score (nSPS) is 20.9. The molecule has 11 heteroatoms. The number of halogens is 3. The molecule has 5 rings (SSSR count). The Morgan fingerprint density at radius 2 is 2.06 bits per heavy atom. The van der Waals surface area contributed by atoms with E-state index in [0.717, 1.165) is 23.4 Å². The van der Waals surface area contributed by atoms with E-state index in [1.807, 2.05) is 0 Å². The highest BCUT2D eigenvalue weighted by atomic mass is 35.5. The number of anilines is 1. The Labute approximate surface area is 192 Å². The molecule has 0 radical (unpaired) electrons. The molecule has 0 bridgehead atoms. The number of hydrogen-bond donors (Lipinski definition) is 1. The van der Waals surface area contributed by atoms with Gasteiger partial charge in [-0.1, -0.05) is 47.2 Å². The van der Waals surface area contributed by atoms with Gasteiger partial charge in [-0.3, -0.25) is 4.79 Å². The van der Waals surface area contributed by atoms with Gasteiger partial charge in [0.15, 0.2) is 5.13 Å². The molecule has 1 N–H and O–H groups in total. The molecule has 7 nitrogen and oxygen atoms in total. The molecule has 2 aliphatic carbocycles. The number of thiazole rings is 1. The summed E-state index contributed by atoms with van der Waals surface area (Å²) in [6, 6.07) is 7.18. The Hall–Kier alpha value is -2.46. The van der Waals surface area contributed by atoms with Crippen molar-refractivity contribution in [2.45, 2.75) is 50.5 Å². The maximum Gasteiger partial charge on any atom is 0.248 e. The van der Waals surface area contributed by atoms with E-state index in [1.165, 1.54) is 19.0 Å². The molecule has 0 aliphatic heterocycles. The van der Waals surface area contributed by atoms with Gasteiger partial charge >= 0.3 is 0 Å². The molecule has 2 atom stereocenters. The van der Waals surface area contributed by atoms with E-state index in [0.29, 0.717) is 26.8 Å². The lowest BCUT2D eigenvalue weighted by Crippen LogP contribution is -2.27. The quantitative estimate of drug-likeness (QED) is 0.515. The molecule has 2 fully saturated rings. The minimum Gasteiger partial charge on any atom is -0.301 e. The second-order valence-corrected chi connectivity index (χ2v) is 10.2. The minimum absolute atomic E-state index is 0.212. The molecule has 1 amide bonds. The number of nitrogens with one attached hydrogen (secondary N) is 1. The van der Waals surface area contributed by atoms with E-state index in [4.69, 9.17) is 11.6 Å². The first-order chi connectivity index (χ1) is 15.4. The molecule has 2 aliphatic rings. The fourth-order valence-corrected chi connectivity index (χ4v) is 5.02. The van der Waals surface area contributed by atoms with Gasteiger partial charge in [-0.2, -0.15) is 4.80 Å². The maximum absolute atomic E-state index is 14.0. The van der Waals surface area contributed by atoms with Gasteiger partial charge in [-0.25, -0.2) is 13.8 Å². The third-order valence-corrected chi connectivity index (χ3v) is 7.03. The van der Waals surface area contributed by atoms with Crippen LogP contribution in [0, 0.1) is 11.8 Å². The molecule has 0 saturated heterocycles. The van der Waals surface area contributed by atoms with Crippen molar-refractivity contribution in [2.75, 3.05) is 5.32 Å². The first-order valence-corrected chi connectivity index (χ1v) is 11.7. The monoisotopic (exact) mass is 478 g/mol. The van der Waals surface area contributed by atoms with Crippen LogP contribution in [0.15, 0.2) is 30.5 Å². The summed E-state index contributed by atoms with van der Waals surface area (Å²) < 4.78 is 28.4. The zero-order valence-corrected chi connectivity index (χ0v) is 18.6. The smallest absolute Gasteiger partial charge is 0.248 e. The number of amides is 1. The third kappa shape index (κ3) is 4.80. The van der Waals surface area contributed by atoms with Crippen LogP contribution in [0.3, 0.4) is 0 Å². The number of carbonyl (C=O) groups is 1. The number of tetrazole rings is 1. The van der Waals surface area contributed by atoms with E-state index in [2.05, 4.69) is 25.7 Å². The first-order valence-electron chi connectivity index (χ1n) is 10.5. The average Bonchev–Trinajstić information content (AvgIpc) is 3.10. The van der Waals surface area contributed by atoms with Crippen LogP contribution in [0.4, 0.5) is 13.9 Å². The van der Waals surface area contributed by atoms with Crippen LogP contribution >= 0.6 is 22.9 Å². The zero-order valence-electron chi connectivity index (χ0n) is 17.0. The van der Waals surface area contributed by atoms with Crippen molar-refractivity contribution in [2.24, 2.45) is 11.8 Å². The van der Waals surface area contributed by atoms with Gasteiger partial charge in [0.05, 0.1) is 18.7 Å². The molecule has 168 valence electrons. The van der Waals surface area contributed by atoms with Gasteiger partial charge < -0.3 is 5.32 Å². The summed E-state index contributed by atoms with van der Waals surface area (Å²) in [6.45, 7) is 0.768. The van der Waals surface area contributed by atoms with Crippen molar-refractivity contribution in [1.29, 1.82) is 0 Å². The van der Waals surface area contributed by atoms with E-state index < -0.39 is 17.8 Å². The molecule has 2 saturated carbocycles. The van der Waals surface area contributed by atoms with Crippen LogP contribution in [0.1, 0.15) is 43.6 Å². The second kappa shape index (κ2) is 8.47. The Morgan fingerprint density at radius 1 is 1.28 bits per heavy atom. The number of rotatable bonds is 7. The lowest BCUT2D eigenvalue weighted by atomic mass is 9.83. The lowest BCUT2D eigenvalue weighted by molar-refractivity contribution is -0.118. The van der Waals surface area contributed by atoms with Crippen LogP contribution in [0.25, 0.3) is 11.4 Å². The summed E-state index contributed by atoms with van der Waals surface area (Å²) in [7, 11) is 0. The van der Waals surface area contributed by atoms with Crippen LogP contribution in [0.2, 0.25) is 4.34 Å². The Morgan fingerprint density at radius 3 is 2.69 bits per heavy atom. The average molecular weight is 479 g/mol. The second-order valence-electron chi connectivity index (χ2n) is 8.53. The Bertz CT molecular complexity index is 1110. The number of benzene rings is 1. The summed E-state index contributed by atoms with van der Waals surface area (Å²) in [5, 5.41) is 15.7. The van der Waals surface area contributed by atoms with Gasteiger partial charge in [0.2, 0.25) is 17.7 Å². The number of aromatic nitrogens is 5. The molecular formula is C21H21ClF2N6OS. The first kappa shape index (κ1) is 21.4. The molecule has 3 aromatic rings. The van der Waals surface area contributed by atoms with Crippen LogP contribution in [0.5, 0.6) is 0 Å². The molecule has 2 aromatic heterocycles. The van der Waals surface area contributed by atoms with Gasteiger partial charge in [-0.05, 0) is 41.9 Å². The third-order valence-electron chi connectivity index (χ3n) is 6.00. The number of alkyl halides is 2. The Kier molecular flexibility index (Phi) is 5.66. The van der Waals surface area contributed by atoms with Gasteiger partial charge in [-0.15, -0.1) is 10.2 Å². The van der Waals surface area contributed by atoms with E-state index in [9.17, 15) is 13.6 Å². The highest BCUT2D eigenvalue weighted by Crippen LogP contribution is 2.46. The van der Waals surface area contributed by atoms with Crippen molar-refractivity contribution >= 4 is 34.0 Å². The standard InChI is InChI=1S/C21H21ClF2N6OS/c22-16-10-25-20(32-16)26-19(31)17(15-7-8-21(23,24)9-15)13-3-5-14(6-4-13)18-27-29-30(28-18)11-12-1-2-12/h3-6,10,12,15,17H,1-2,7-9,11H2,(H,25,26,31). The fourth-order valence-electron chi connectivity index (χ4n) is 4.21. The summed E-state index contributed by atoms with van der Waals surface area (Å²) in [6.07, 6.45) is 3.59. The van der Waals surface area contributed by atoms with Crippen molar-refractivity contribution in [1.82, 2.24) is 25.2 Å². The minimum atomic E-state index is -2.75. The molecule has 2 unspecified atom stereocenters. The predicted octanol–water partition coefficient (Wildman–Crippen LogP) is 5.02. The van der Waals surface area contributed by atoms with Crippen molar-refractivity contribution in [3.8, 4) is 11.4 Å². The van der Waals surface area contributed by atoms with Crippen LogP contribution in [-0.4, -0.2) is 37.0 Å². The van der Waals surface area contributed by atoms with E-state index in [1.54, 1.807) is 29.1 Å². The topological polar surface area (TPSA) is 85.6 Å². The number of nitrogens with zero attached hydrogens (tertiary/aromatic N) is 5. The van der Waals surface area contributed by atoms with Crippen molar-refractivity contribution in [3.05, 3.63) is 40.4 Å². The molecule has 1 aromatic carbocycles. The van der Waals surface area contributed by atoms with E-state index >= 15 is 0 Å². The zero-order chi connectivity index (χ0) is 22.3. The Balaban J connectivity index is 1.37.